The molecule has 15 heavy (non-hydrogen) atoms. The van der Waals surface area contributed by atoms with Gasteiger partial charge in [0.15, 0.2) is 11.4 Å². The Morgan fingerprint density at radius 1 is 1.67 bits per heavy atom. The topological polar surface area (TPSA) is 51.2 Å². The summed E-state index contributed by atoms with van der Waals surface area (Å²) in [6.07, 6.45) is 4.07. The molecule has 1 N–H and O–H groups in total. The van der Waals surface area contributed by atoms with Gasteiger partial charge in [0, 0.05) is 16.8 Å². The van der Waals surface area contributed by atoms with Crippen molar-refractivity contribution >= 4 is 28.5 Å². The van der Waals surface area contributed by atoms with Crippen LogP contribution >= 0.6 is 22.6 Å². The Bertz CT molecular complexity index is 391. The summed E-state index contributed by atoms with van der Waals surface area (Å²) in [5, 5.41) is 2.55. The lowest BCUT2D eigenvalue weighted by Gasteiger charge is -2.09. The van der Waals surface area contributed by atoms with Crippen LogP contribution in [0.15, 0.2) is 12.3 Å². The van der Waals surface area contributed by atoms with Crippen molar-refractivity contribution in [2.45, 2.75) is 18.9 Å². The van der Waals surface area contributed by atoms with Crippen LogP contribution < -0.4 is 10.1 Å². The van der Waals surface area contributed by atoms with Crippen LogP contribution in [0, 0.1) is 3.57 Å². The molecule has 1 fully saturated rings. The molecule has 0 unspecified atom stereocenters. The zero-order chi connectivity index (χ0) is 10.8. The van der Waals surface area contributed by atoms with Gasteiger partial charge in [-0.15, -0.1) is 0 Å². The van der Waals surface area contributed by atoms with E-state index in [-0.39, 0.29) is 12.0 Å². The largest absolute Gasteiger partial charge is 0.488 e. The summed E-state index contributed by atoms with van der Waals surface area (Å²) in [5.41, 5.74) is 0.366. The van der Waals surface area contributed by atoms with Gasteiger partial charge in [-0.2, -0.15) is 0 Å². The second kappa shape index (κ2) is 4.34. The van der Waals surface area contributed by atoms with E-state index in [0.717, 1.165) is 16.4 Å². The van der Waals surface area contributed by atoms with Crippen molar-refractivity contribution in [2.24, 2.45) is 0 Å². The van der Waals surface area contributed by atoms with Crippen molar-refractivity contribution < 1.29 is 9.53 Å². The van der Waals surface area contributed by atoms with E-state index < -0.39 is 0 Å². The molecule has 1 amide bonds. The molecule has 1 heterocycles. The molecule has 2 rings (SSSR count). The number of nitrogens with one attached hydrogen (secondary N) is 1. The van der Waals surface area contributed by atoms with E-state index >= 15 is 0 Å². The molecule has 1 aliphatic carbocycles. The van der Waals surface area contributed by atoms with Crippen molar-refractivity contribution in [3.05, 3.63) is 21.5 Å². The highest BCUT2D eigenvalue weighted by Crippen LogP contribution is 2.29. The minimum atomic E-state index is -0.206. The predicted octanol–water partition coefficient (Wildman–Crippen LogP) is 1.59. The zero-order valence-electron chi connectivity index (χ0n) is 8.29. The Morgan fingerprint density at radius 2 is 2.40 bits per heavy atom. The first-order valence-electron chi connectivity index (χ1n) is 4.75. The standard InChI is InChI=1S/C10H11IN2O2/c1-12-10(14)9-8(15-7-2-3-7)4-6(11)5-13-9/h4-5,7H,2-3H2,1H3,(H,12,14). The van der Waals surface area contributed by atoms with Gasteiger partial charge < -0.3 is 10.1 Å². The van der Waals surface area contributed by atoms with Crippen LogP contribution in [0.25, 0.3) is 0 Å². The first-order valence-corrected chi connectivity index (χ1v) is 5.83. The van der Waals surface area contributed by atoms with Gasteiger partial charge in [0.1, 0.15) is 0 Å². The SMILES string of the molecule is CNC(=O)c1ncc(I)cc1OC1CC1. The molecule has 0 aliphatic heterocycles. The lowest BCUT2D eigenvalue weighted by molar-refractivity contribution is 0.0953. The maximum absolute atomic E-state index is 11.5. The summed E-state index contributed by atoms with van der Waals surface area (Å²) in [6, 6.07) is 1.84. The monoisotopic (exact) mass is 318 g/mol. The highest BCUT2D eigenvalue weighted by atomic mass is 127. The fraction of sp³-hybridized carbons (Fsp3) is 0.400. The van der Waals surface area contributed by atoms with E-state index in [4.69, 9.17) is 4.74 Å². The Morgan fingerprint density at radius 3 is 3.00 bits per heavy atom. The fourth-order valence-corrected chi connectivity index (χ4v) is 1.59. The van der Waals surface area contributed by atoms with E-state index in [9.17, 15) is 4.79 Å². The Balaban J connectivity index is 2.29. The molecule has 0 bridgehead atoms. The van der Waals surface area contributed by atoms with Gasteiger partial charge in [0.2, 0.25) is 0 Å². The summed E-state index contributed by atoms with van der Waals surface area (Å²) in [5.74, 6) is 0.380. The van der Waals surface area contributed by atoms with E-state index in [1.165, 1.54) is 0 Å². The maximum Gasteiger partial charge on any atom is 0.273 e. The van der Waals surface area contributed by atoms with Crippen LogP contribution in [0.4, 0.5) is 0 Å². The third-order valence-electron chi connectivity index (χ3n) is 2.08. The molecule has 4 nitrogen and oxygen atoms in total. The van der Waals surface area contributed by atoms with Crippen LogP contribution in [0.3, 0.4) is 0 Å². The summed E-state index contributed by atoms with van der Waals surface area (Å²) in [7, 11) is 1.59. The van der Waals surface area contributed by atoms with Crippen LogP contribution in [-0.2, 0) is 0 Å². The van der Waals surface area contributed by atoms with Crippen LogP contribution in [-0.4, -0.2) is 24.0 Å². The molecule has 0 spiro atoms. The Kier molecular flexibility index (Phi) is 3.08. The summed E-state index contributed by atoms with van der Waals surface area (Å²) in [6.45, 7) is 0. The molecule has 1 aromatic heterocycles. The Hall–Kier alpha value is -0.850. The molecule has 1 aromatic rings. The lowest BCUT2D eigenvalue weighted by atomic mass is 10.3. The quantitative estimate of drug-likeness (QED) is 0.861. The number of nitrogens with zero attached hydrogens (tertiary/aromatic N) is 1. The highest BCUT2D eigenvalue weighted by molar-refractivity contribution is 14.1. The van der Waals surface area contributed by atoms with Crippen molar-refractivity contribution in [2.75, 3.05) is 7.05 Å². The number of hydrogen-bond acceptors (Lipinski definition) is 3. The number of amides is 1. The van der Waals surface area contributed by atoms with Crippen molar-refractivity contribution in [3.63, 3.8) is 0 Å². The third-order valence-corrected chi connectivity index (χ3v) is 2.67. The number of carbonyl (C=O) groups is 1. The van der Waals surface area contributed by atoms with Crippen LogP contribution in [0.5, 0.6) is 5.75 Å². The molecule has 0 aromatic carbocycles. The molecule has 0 atom stereocenters. The molecule has 5 heteroatoms. The first kappa shape index (κ1) is 10.7. The number of halogens is 1. The van der Waals surface area contributed by atoms with Gasteiger partial charge in [-0.3, -0.25) is 4.79 Å². The Labute approximate surface area is 102 Å². The molecule has 0 radical (unpaired) electrons. The zero-order valence-corrected chi connectivity index (χ0v) is 10.4. The predicted molar refractivity (Wildman–Crippen MR) is 64.0 cm³/mol. The fourth-order valence-electron chi connectivity index (χ4n) is 1.16. The second-order valence-electron chi connectivity index (χ2n) is 3.40. The molecular formula is C10H11IN2O2. The lowest BCUT2D eigenvalue weighted by Crippen LogP contribution is -2.20. The van der Waals surface area contributed by atoms with Gasteiger partial charge in [-0.05, 0) is 41.5 Å². The van der Waals surface area contributed by atoms with Crippen molar-refractivity contribution in [1.82, 2.24) is 10.3 Å². The van der Waals surface area contributed by atoms with Crippen molar-refractivity contribution in [1.29, 1.82) is 0 Å². The number of rotatable bonds is 3. The average molecular weight is 318 g/mol. The average Bonchev–Trinajstić information content (AvgIpc) is 3.01. The smallest absolute Gasteiger partial charge is 0.273 e. The summed E-state index contributed by atoms with van der Waals surface area (Å²) in [4.78, 5) is 15.6. The van der Waals surface area contributed by atoms with E-state index in [1.807, 2.05) is 6.07 Å². The second-order valence-corrected chi connectivity index (χ2v) is 4.64. The normalized spacial score (nSPS) is 14.8. The van der Waals surface area contributed by atoms with Crippen LogP contribution in [0.1, 0.15) is 23.3 Å². The molecule has 80 valence electrons. The van der Waals surface area contributed by atoms with Gasteiger partial charge in [0.25, 0.3) is 5.91 Å². The van der Waals surface area contributed by atoms with E-state index in [2.05, 4.69) is 32.9 Å². The minimum absolute atomic E-state index is 0.206. The van der Waals surface area contributed by atoms with E-state index in [1.54, 1.807) is 13.2 Å². The van der Waals surface area contributed by atoms with Gasteiger partial charge in [-0.25, -0.2) is 4.98 Å². The number of pyridine rings is 1. The third kappa shape index (κ3) is 2.58. The van der Waals surface area contributed by atoms with Crippen LogP contribution in [0.2, 0.25) is 0 Å². The molecular weight excluding hydrogens is 307 g/mol. The first-order chi connectivity index (χ1) is 7.20. The summed E-state index contributed by atoms with van der Waals surface area (Å²) < 4.78 is 6.60. The van der Waals surface area contributed by atoms with E-state index in [0.29, 0.717) is 11.4 Å². The molecule has 0 saturated heterocycles. The summed E-state index contributed by atoms with van der Waals surface area (Å²) >= 11 is 2.15. The molecule has 1 saturated carbocycles. The number of carbonyl (C=O) groups excluding carboxylic acids is 1. The van der Waals surface area contributed by atoms with Gasteiger partial charge >= 0.3 is 0 Å². The number of aromatic nitrogens is 1. The minimum Gasteiger partial charge on any atom is -0.488 e. The van der Waals surface area contributed by atoms with Gasteiger partial charge in [-0.1, -0.05) is 0 Å². The van der Waals surface area contributed by atoms with Gasteiger partial charge in [0.05, 0.1) is 6.10 Å². The number of ether oxygens (including phenoxy) is 1. The highest BCUT2D eigenvalue weighted by Gasteiger charge is 2.26. The maximum atomic E-state index is 11.5. The number of hydrogen-bond donors (Lipinski definition) is 1. The molecule has 1 aliphatic rings. The van der Waals surface area contributed by atoms with Crippen molar-refractivity contribution in [3.8, 4) is 5.75 Å².